The van der Waals surface area contributed by atoms with Gasteiger partial charge in [0.1, 0.15) is 6.61 Å². The molecule has 106 valence electrons. The zero-order valence-electron chi connectivity index (χ0n) is 11.2. The number of nitrogens with zero attached hydrogens (tertiary/aromatic N) is 1. The van der Waals surface area contributed by atoms with Gasteiger partial charge in [0.05, 0.1) is 0 Å². The average Bonchev–Trinajstić information content (AvgIpc) is 2.41. The van der Waals surface area contributed by atoms with Crippen molar-refractivity contribution in [2.45, 2.75) is 26.5 Å². The summed E-state index contributed by atoms with van der Waals surface area (Å²) in [6.45, 7) is 2.49. The first-order chi connectivity index (χ1) is 9.54. The van der Waals surface area contributed by atoms with Crippen molar-refractivity contribution in [2.75, 3.05) is 6.54 Å². The average molecular weight is 276 g/mol. The number of benzene rings is 1. The predicted molar refractivity (Wildman–Crippen MR) is 70.5 cm³/mol. The maximum Gasteiger partial charge on any atom is 0.324 e. The van der Waals surface area contributed by atoms with E-state index < -0.39 is 0 Å². The maximum absolute atomic E-state index is 11.6. The SMILES string of the molecule is CC(=O)OCc1ccc(CN2CCC(=O)NC2=O)cc1. The summed E-state index contributed by atoms with van der Waals surface area (Å²) in [6.07, 6.45) is 0.330. The van der Waals surface area contributed by atoms with Crippen molar-refractivity contribution in [3.8, 4) is 0 Å². The van der Waals surface area contributed by atoms with Crippen molar-refractivity contribution in [3.63, 3.8) is 0 Å². The van der Waals surface area contributed by atoms with Gasteiger partial charge in [0, 0.05) is 26.4 Å². The fourth-order valence-corrected chi connectivity index (χ4v) is 1.90. The minimum atomic E-state index is -0.356. The van der Waals surface area contributed by atoms with E-state index >= 15 is 0 Å². The van der Waals surface area contributed by atoms with E-state index in [-0.39, 0.29) is 24.5 Å². The first kappa shape index (κ1) is 14.0. The quantitative estimate of drug-likeness (QED) is 0.838. The molecule has 6 heteroatoms. The van der Waals surface area contributed by atoms with Gasteiger partial charge < -0.3 is 9.64 Å². The van der Waals surface area contributed by atoms with Crippen LogP contribution in [0.5, 0.6) is 0 Å². The van der Waals surface area contributed by atoms with E-state index in [0.717, 1.165) is 11.1 Å². The van der Waals surface area contributed by atoms with E-state index in [1.807, 2.05) is 24.3 Å². The summed E-state index contributed by atoms with van der Waals surface area (Å²) < 4.78 is 4.90. The van der Waals surface area contributed by atoms with Gasteiger partial charge in [0.2, 0.25) is 5.91 Å². The van der Waals surface area contributed by atoms with Crippen molar-refractivity contribution in [1.29, 1.82) is 0 Å². The molecular weight excluding hydrogens is 260 g/mol. The molecule has 1 fully saturated rings. The molecule has 0 unspecified atom stereocenters. The van der Waals surface area contributed by atoms with Crippen LogP contribution in [0.4, 0.5) is 4.79 Å². The van der Waals surface area contributed by atoms with Crippen LogP contribution in [-0.4, -0.2) is 29.4 Å². The molecule has 0 radical (unpaired) electrons. The van der Waals surface area contributed by atoms with Crippen LogP contribution in [0.25, 0.3) is 0 Å². The minimum absolute atomic E-state index is 0.233. The molecule has 0 aliphatic carbocycles. The zero-order valence-corrected chi connectivity index (χ0v) is 11.2. The lowest BCUT2D eigenvalue weighted by atomic mass is 10.1. The van der Waals surface area contributed by atoms with Gasteiger partial charge in [0.15, 0.2) is 0 Å². The molecule has 3 amide bonds. The fourth-order valence-electron chi connectivity index (χ4n) is 1.90. The number of rotatable bonds is 4. The molecule has 1 saturated heterocycles. The summed E-state index contributed by atoms with van der Waals surface area (Å²) in [4.78, 5) is 34.9. The third-order valence-electron chi connectivity index (χ3n) is 2.98. The molecule has 1 aliphatic rings. The Labute approximate surface area is 116 Å². The first-order valence-corrected chi connectivity index (χ1v) is 6.34. The Morgan fingerprint density at radius 1 is 1.25 bits per heavy atom. The molecular formula is C14H16N2O4. The topological polar surface area (TPSA) is 75.7 Å². The molecule has 0 saturated carbocycles. The van der Waals surface area contributed by atoms with E-state index in [9.17, 15) is 14.4 Å². The molecule has 1 aromatic carbocycles. The van der Waals surface area contributed by atoms with E-state index in [0.29, 0.717) is 19.5 Å². The van der Waals surface area contributed by atoms with Gasteiger partial charge in [-0.2, -0.15) is 0 Å². The van der Waals surface area contributed by atoms with Crippen molar-refractivity contribution in [1.82, 2.24) is 10.2 Å². The summed E-state index contributed by atoms with van der Waals surface area (Å²) in [5.74, 6) is -0.549. The Balaban J connectivity index is 1.92. The lowest BCUT2D eigenvalue weighted by Gasteiger charge is -2.26. The molecule has 0 bridgehead atoms. The zero-order chi connectivity index (χ0) is 14.5. The number of carbonyl (C=O) groups is 3. The molecule has 0 atom stereocenters. The van der Waals surface area contributed by atoms with Gasteiger partial charge in [-0.15, -0.1) is 0 Å². The molecule has 1 N–H and O–H groups in total. The van der Waals surface area contributed by atoms with Crippen LogP contribution in [0.3, 0.4) is 0 Å². The molecule has 2 rings (SSSR count). The Bertz CT molecular complexity index is 524. The molecule has 0 spiro atoms. The van der Waals surface area contributed by atoms with E-state index in [2.05, 4.69) is 5.32 Å². The summed E-state index contributed by atoms with van der Waals surface area (Å²) >= 11 is 0. The first-order valence-electron chi connectivity index (χ1n) is 6.34. The summed E-state index contributed by atoms with van der Waals surface area (Å²) in [5, 5.41) is 2.28. The monoisotopic (exact) mass is 276 g/mol. The third kappa shape index (κ3) is 3.81. The number of nitrogens with one attached hydrogen (secondary N) is 1. The molecule has 1 aliphatic heterocycles. The van der Waals surface area contributed by atoms with Crippen LogP contribution in [0.1, 0.15) is 24.5 Å². The second kappa shape index (κ2) is 6.18. The fraction of sp³-hybridized carbons (Fsp3) is 0.357. The second-order valence-corrected chi connectivity index (χ2v) is 4.62. The Hall–Kier alpha value is -2.37. The van der Waals surface area contributed by atoms with Crippen LogP contribution in [0.2, 0.25) is 0 Å². The van der Waals surface area contributed by atoms with Gasteiger partial charge in [-0.1, -0.05) is 24.3 Å². The molecule has 20 heavy (non-hydrogen) atoms. The standard InChI is InChI=1S/C14H16N2O4/c1-10(17)20-9-12-4-2-11(3-5-12)8-16-7-6-13(18)15-14(16)19/h2-5H,6-9H2,1H3,(H,15,18,19). The second-order valence-electron chi connectivity index (χ2n) is 4.62. The molecule has 1 heterocycles. The smallest absolute Gasteiger partial charge is 0.324 e. The van der Waals surface area contributed by atoms with Crippen LogP contribution in [0.15, 0.2) is 24.3 Å². The normalized spacial score (nSPS) is 14.9. The van der Waals surface area contributed by atoms with Crippen LogP contribution in [0, 0.1) is 0 Å². The minimum Gasteiger partial charge on any atom is -0.461 e. The number of imide groups is 1. The number of hydrogen-bond donors (Lipinski definition) is 1. The summed E-state index contributed by atoms with van der Waals surface area (Å²) in [7, 11) is 0. The van der Waals surface area contributed by atoms with Crippen molar-refractivity contribution in [3.05, 3.63) is 35.4 Å². The Kier molecular flexibility index (Phi) is 4.34. The van der Waals surface area contributed by atoms with Gasteiger partial charge in [-0.25, -0.2) is 4.79 Å². The highest BCUT2D eigenvalue weighted by Gasteiger charge is 2.22. The lowest BCUT2D eigenvalue weighted by Crippen LogP contribution is -2.48. The van der Waals surface area contributed by atoms with Gasteiger partial charge in [-0.05, 0) is 11.1 Å². The van der Waals surface area contributed by atoms with E-state index in [1.54, 1.807) is 4.90 Å². The Morgan fingerprint density at radius 2 is 1.90 bits per heavy atom. The maximum atomic E-state index is 11.6. The van der Waals surface area contributed by atoms with E-state index in [4.69, 9.17) is 4.74 Å². The van der Waals surface area contributed by atoms with Gasteiger partial charge in [0.25, 0.3) is 0 Å². The molecule has 0 aromatic heterocycles. The number of urea groups is 1. The van der Waals surface area contributed by atoms with Crippen molar-refractivity contribution < 1.29 is 19.1 Å². The highest BCUT2D eigenvalue weighted by molar-refractivity contribution is 5.96. The molecule has 6 nitrogen and oxygen atoms in total. The largest absolute Gasteiger partial charge is 0.461 e. The van der Waals surface area contributed by atoms with Gasteiger partial charge >= 0.3 is 12.0 Å². The third-order valence-corrected chi connectivity index (χ3v) is 2.98. The number of ether oxygens (including phenoxy) is 1. The number of carbonyl (C=O) groups excluding carboxylic acids is 3. The number of hydrogen-bond acceptors (Lipinski definition) is 4. The summed E-state index contributed by atoms with van der Waals surface area (Å²) in [6, 6.07) is 7.10. The lowest BCUT2D eigenvalue weighted by molar-refractivity contribution is -0.142. The van der Waals surface area contributed by atoms with E-state index in [1.165, 1.54) is 6.92 Å². The number of amides is 3. The predicted octanol–water partition coefficient (Wildman–Crippen LogP) is 1.19. The van der Waals surface area contributed by atoms with Crippen molar-refractivity contribution >= 4 is 17.9 Å². The van der Waals surface area contributed by atoms with Crippen LogP contribution >= 0.6 is 0 Å². The van der Waals surface area contributed by atoms with Crippen LogP contribution in [-0.2, 0) is 27.5 Å². The summed E-state index contributed by atoms with van der Waals surface area (Å²) in [5.41, 5.74) is 1.85. The Morgan fingerprint density at radius 3 is 2.50 bits per heavy atom. The van der Waals surface area contributed by atoms with Gasteiger partial charge in [-0.3, -0.25) is 14.9 Å². The molecule has 1 aromatic rings. The van der Waals surface area contributed by atoms with Crippen molar-refractivity contribution in [2.24, 2.45) is 0 Å². The number of esters is 1. The van der Waals surface area contributed by atoms with Crippen LogP contribution < -0.4 is 5.32 Å². The highest BCUT2D eigenvalue weighted by atomic mass is 16.5. The highest BCUT2D eigenvalue weighted by Crippen LogP contribution is 2.11.